The van der Waals surface area contributed by atoms with Gasteiger partial charge in [-0.05, 0) is 99.5 Å². The minimum atomic E-state index is -1.68. The molecule has 0 saturated heterocycles. The van der Waals surface area contributed by atoms with Gasteiger partial charge in [0.1, 0.15) is 6.61 Å². The van der Waals surface area contributed by atoms with E-state index < -0.39 is 11.0 Å². The Kier molecular flexibility index (Phi) is 9.53. The first-order valence-corrected chi connectivity index (χ1v) is 18.1. The van der Waals surface area contributed by atoms with E-state index in [-0.39, 0.29) is 23.9 Å². The Bertz CT molecular complexity index is 1570. The first kappa shape index (κ1) is 32.6. The number of hydrogen-bond donors (Lipinski definition) is 2. The lowest BCUT2D eigenvalue weighted by atomic mass is 9.74. The number of ether oxygens (including phenoxy) is 1. The summed E-state index contributed by atoms with van der Waals surface area (Å²) in [5, 5.41) is 3.92. The zero-order chi connectivity index (χ0) is 32.6. The number of carbonyl (C=O) groups excluding carboxylic acids is 1. The molecule has 2 aliphatic carbocycles. The molecule has 2 N–H and O–H groups in total. The molecule has 0 radical (unpaired) electrons. The van der Waals surface area contributed by atoms with Crippen LogP contribution in [0, 0.1) is 25.2 Å². The summed E-state index contributed by atoms with van der Waals surface area (Å²) in [7, 11) is -1.68. The third-order valence-corrected chi connectivity index (χ3v) is 11.1. The molecule has 1 amide bonds. The number of rotatable bonds is 6. The van der Waals surface area contributed by atoms with Crippen LogP contribution in [-0.2, 0) is 11.0 Å². The van der Waals surface area contributed by atoms with Crippen LogP contribution < -0.4 is 14.8 Å². The zero-order valence-corrected chi connectivity index (χ0v) is 29.0. The number of carbonyl (C=O) groups is 1. The van der Waals surface area contributed by atoms with Crippen LogP contribution in [0.2, 0.25) is 0 Å². The molecule has 2 atom stereocenters. The van der Waals surface area contributed by atoms with Gasteiger partial charge >= 0.3 is 0 Å². The van der Waals surface area contributed by atoms with Crippen molar-refractivity contribution >= 4 is 22.8 Å². The fourth-order valence-corrected chi connectivity index (χ4v) is 8.21. The highest BCUT2D eigenvalue weighted by Gasteiger charge is 2.41. The molecule has 1 aromatic heterocycles. The van der Waals surface area contributed by atoms with Crippen LogP contribution in [0.1, 0.15) is 94.1 Å². The molecule has 0 spiro atoms. The van der Waals surface area contributed by atoms with E-state index in [9.17, 15) is 9.00 Å². The summed E-state index contributed by atoms with van der Waals surface area (Å²) in [5.41, 5.74) is 4.85. The minimum Gasteiger partial charge on any atom is -0.475 e. The Hall–Kier alpha value is -3.30. The van der Waals surface area contributed by atoms with E-state index in [1.54, 1.807) is 12.1 Å². The zero-order valence-electron chi connectivity index (χ0n) is 28.1. The van der Waals surface area contributed by atoms with Gasteiger partial charge < -0.3 is 15.0 Å². The molecule has 9 heteroatoms. The molecule has 2 aromatic carbocycles. The van der Waals surface area contributed by atoms with Gasteiger partial charge in [0.15, 0.2) is 11.0 Å². The maximum atomic E-state index is 14.4. The van der Waals surface area contributed by atoms with Crippen LogP contribution in [-0.4, -0.2) is 55.8 Å². The summed E-state index contributed by atoms with van der Waals surface area (Å²) in [4.78, 5) is 26.4. The molecule has 1 unspecified atom stereocenters. The summed E-state index contributed by atoms with van der Waals surface area (Å²) >= 11 is 0. The smallest absolute Gasteiger partial charge is 0.254 e. The largest absolute Gasteiger partial charge is 0.475 e. The molecule has 4 bridgehead atoms. The number of nitrogens with one attached hydrogen (secondary N) is 2. The maximum absolute atomic E-state index is 14.4. The van der Waals surface area contributed by atoms with Crippen LogP contribution in [0.25, 0.3) is 11.3 Å². The van der Waals surface area contributed by atoms with Gasteiger partial charge in [-0.3, -0.25) is 9.52 Å². The molecule has 3 aromatic rings. The SMILES string of the molecule is Cc1cccc(C)c1-c1cc2nc(n1)NS(=O)c1cccc(c1)C(=O)N(C1CC(NC3CCC(C)(C)CC3)C1)[C@H](CC(C)C)CO2. The molecule has 2 saturated carbocycles. The van der Waals surface area contributed by atoms with Crippen molar-refractivity contribution in [2.75, 3.05) is 11.3 Å². The van der Waals surface area contributed by atoms with Crippen molar-refractivity contribution < 1.29 is 13.7 Å². The second-order valence-corrected chi connectivity index (χ2v) is 16.0. The third kappa shape index (κ3) is 7.31. The van der Waals surface area contributed by atoms with Crippen molar-refractivity contribution in [3.8, 4) is 17.1 Å². The summed E-state index contributed by atoms with van der Waals surface area (Å²) in [5.74, 6) is 0.934. The van der Waals surface area contributed by atoms with Gasteiger partial charge in [-0.15, -0.1) is 0 Å². The fraction of sp³-hybridized carbons (Fsp3) is 0.541. The molecular formula is C37H49N5O3S. The second kappa shape index (κ2) is 13.4. The van der Waals surface area contributed by atoms with E-state index in [4.69, 9.17) is 9.72 Å². The molecule has 3 aliphatic rings. The predicted molar refractivity (Wildman–Crippen MR) is 184 cm³/mol. The Morgan fingerprint density at radius 2 is 1.72 bits per heavy atom. The van der Waals surface area contributed by atoms with Crippen molar-refractivity contribution in [3.63, 3.8) is 0 Å². The quantitative estimate of drug-likeness (QED) is 0.294. The van der Waals surface area contributed by atoms with Gasteiger partial charge in [0.05, 0.1) is 16.6 Å². The highest BCUT2D eigenvalue weighted by molar-refractivity contribution is 7.86. The second-order valence-electron chi connectivity index (χ2n) is 14.8. The molecule has 46 heavy (non-hydrogen) atoms. The van der Waals surface area contributed by atoms with Crippen molar-refractivity contribution in [1.29, 1.82) is 0 Å². The molecule has 6 rings (SSSR count). The van der Waals surface area contributed by atoms with Gasteiger partial charge in [-0.2, -0.15) is 4.98 Å². The summed E-state index contributed by atoms with van der Waals surface area (Å²) in [6.07, 6.45) is 7.56. The lowest BCUT2D eigenvalue weighted by Gasteiger charge is -2.48. The van der Waals surface area contributed by atoms with E-state index in [1.807, 2.05) is 24.3 Å². The van der Waals surface area contributed by atoms with Crippen LogP contribution in [0.4, 0.5) is 5.95 Å². The Morgan fingerprint density at radius 1 is 1.02 bits per heavy atom. The average molecular weight is 644 g/mol. The van der Waals surface area contributed by atoms with Crippen LogP contribution in [0.15, 0.2) is 53.4 Å². The van der Waals surface area contributed by atoms with Gasteiger partial charge in [-0.25, -0.2) is 9.19 Å². The topological polar surface area (TPSA) is 96.5 Å². The number of aromatic nitrogens is 2. The highest BCUT2D eigenvalue weighted by atomic mass is 32.2. The van der Waals surface area contributed by atoms with Crippen molar-refractivity contribution in [3.05, 3.63) is 65.2 Å². The predicted octanol–water partition coefficient (Wildman–Crippen LogP) is 7.23. The van der Waals surface area contributed by atoms with E-state index in [2.05, 4.69) is 73.6 Å². The monoisotopic (exact) mass is 643 g/mol. The number of amides is 1. The number of nitrogens with zero attached hydrogens (tertiary/aromatic N) is 3. The number of aryl methyl sites for hydroxylation is 2. The standard InChI is InChI=1S/C37H49N5O3S/c1-23(2)17-30-22-45-33-21-32(34-24(3)9-7-10-25(34)4)39-36(40-33)41-46(44)31-12-8-11-26(18-31)35(43)42(30)29-19-28(20-29)38-27-13-15-37(5,6)16-14-27/h7-12,18,21,23,27-30,38H,13-17,19-20,22H2,1-6H3,(H,39,40,41)/t28?,29?,30-,46?/m1/s1. The van der Waals surface area contributed by atoms with Crippen LogP contribution in [0.5, 0.6) is 5.88 Å². The van der Waals surface area contributed by atoms with E-state index >= 15 is 0 Å². The third-order valence-electron chi connectivity index (χ3n) is 10.0. The van der Waals surface area contributed by atoms with Gasteiger partial charge in [0.2, 0.25) is 11.8 Å². The lowest BCUT2D eigenvalue weighted by molar-refractivity contribution is 0.0186. The highest BCUT2D eigenvalue weighted by Crippen LogP contribution is 2.38. The van der Waals surface area contributed by atoms with Crippen molar-refractivity contribution in [2.45, 2.75) is 116 Å². The van der Waals surface area contributed by atoms with Crippen LogP contribution >= 0.6 is 0 Å². The van der Waals surface area contributed by atoms with Gasteiger partial charge in [0, 0.05) is 35.3 Å². The molecule has 2 heterocycles. The molecule has 2 fully saturated rings. The molecule has 246 valence electrons. The normalized spacial score (nSPS) is 25.0. The average Bonchev–Trinajstić information content (AvgIpc) is 2.98. The molecule has 1 aliphatic heterocycles. The number of hydrogen-bond acceptors (Lipinski definition) is 6. The Labute approximate surface area is 276 Å². The number of fused-ring (bicyclic) bond motifs is 4. The van der Waals surface area contributed by atoms with Crippen LogP contribution in [0.3, 0.4) is 0 Å². The van der Waals surface area contributed by atoms with E-state index in [0.29, 0.717) is 52.1 Å². The first-order valence-electron chi connectivity index (χ1n) is 16.9. The number of benzene rings is 2. The minimum absolute atomic E-state index is 0.0377. The van der Waals surface area contributed by atoms with Crippen molar-refractivity contribution in [2.24, 2.45) is 11.3 Å². The van der Waals surface area contributed by atoms with Gasteiger partial charge in [0.25, 0.3) is 5.91 Å². The summed E-state index contributed by atoms with van der Waals surface area (Å²) in [6, 6.07) is 16.1. The lowest BCUT2D eigenvalue weighted by Crippen LogP contribution is -2.60. The molecule has 8 nitrogen and oxygen atoms in total. The maximum Gasteiger partial charge on any atom is 0.254 e. The first-order chi connectivity index (χ1) is 22.0. The Balaban J connectivity index is 1.32. The fourth-order valence-electron chi connectivity index (χ4n) is 7.39. The summed E-state index contributed by atoms with van der Waals surface area (Å²) < 4.78 is 23.0. The summed E-state index contributed by atoms with van der Waals surface area (Å²) in [6.45, 7) is 13.5. The van der Waals surface area contributed by atoms with Crippen molar-refractivity contribution in [1.82, 2.24) is 20.2 Å². The van der Waals surface area contributed by atoms with E-state index in [1.165, 1.54) is 25.7 Å². The molecular weight excluding hydrogens is 595 g/mol. The Morgan fingerprint density at radius 3 is 2.41 bits per heavy atom. The van der Waals surface area contributed by atoms with Gasteiger partial charge in [-0.1, -0.05) is 52.0 Å². The number of anilines is 1. The van der Waals surface area contributed by atoms with E-state index in [0.717, 1.165) is 36.0 Å².